The standard InChI is InChI=1S/C23H35N5S/c1-3-24-23(25-13-7-8-22-27-19(2)18-29-22)26-16-20-9-11-21(12-10-20)17-28-14-5-4-6-15-28/h9-12,18H,3-8,13-17H2,1-2H3,(H2,24,25,26). The number of hydrogen-bond acceptors (Lipinski definition) is 4. The molecule has 6 heteroatoms. The van der Waals surface area contributed by atoms with Crippen LogP contribution in [0.4, 0.5) is 0 Å². The third-order valence-corrected chi connectivity index (χ3v) is 6.19. The third-order valence-electron chi connectivity index (χ3n) is 5.17. The number of piperidine rings is 1. The van der Waals surface area contributed by atoms with Gasteiger partial charge in [0.1, 0.15) is 0 Å². The maximum atomic E-state index is 4.75. The Balaban J connectivity index is 1.43. The van der Waals surface area contributed by atoms with Gasteiger partial charge in [-0.3, -0.25) is 4.90 Å². The molecule has 29 heavy (non-hydrogen) atoms. The summed E-state index contributed by atoms with van der Waals surface area (Å²) in [6.07, 6.45) is 6.15. The van der Waals surface area contributed by atoms with Gasteiger partial charge in [0, 0.05) is 37.1 Å². The number of guanidine groups is 1. The lowest BCUT2D eigenvalue weighted by Crippen LogP contribution is -2.37. The van der Waals surface area contributed by atoms with Crippen molar-refractivity contribution in [3.8, 4) is 0 Å². The lowest BCUT2D eigenvalue weighted by atomic mass is 10.1. The van der Waals surface area contributed by atoms with Gasteiger partial charge < -0.3 is 10.6 Å². The van der Waals surface area contributed by atoms with Crippen LogP contribution < -0.4 is 10.6 Å². The molecule has 1 aliphatic rings. The fourth-order valence-corrected chi connectivity index (χ4v) is 4.42. The maximum absolute atomic E-state index is 4.75. The van der Waals surface area contributed by atoms with Crippen molar-refractivity contribution in [2.24, 2.45) is 4.99 Å². The van der Waals surface area contributed by atoms with Gasteiger partial charge in [0.05, 0.1) is 11.6 Å². The summed E-state index contributed by atoms with van der Waals surface area (Å²) >= 11 is 1.75. The predicted molar refractivity (Wildman–Crippen MR) is 124 cm³/mol. The van der Waals surface area contributed by atoms with E-state index in [4.69, 9.17) is 4.99 Å². The molecule has 0 amide bonds. The molecule has 2 heterocycles. The number of thiazole rings is 1. The zero-order valence-corrected chi connectivity index (χ0v) is 18.7. The Bertz CT molecular complexity index is 747. The molecule has 0 bridgehead atoms. The van der Waals surface area contributed by atoms with Gasteiger partial charge in [-0.2, -0.15) is 0 Å². The summed E-state index contributed by atoms with van der Waals surface area (Å²) in [5, 5.41) is 10.1. The third kappa shape index (κ3) is 7.78. The van der Waals surface area contributed by atoms with Crippen LogP contribution in [0.2, 0.25) is 0 Å². The van der Waals surface area contributed by atoms with Gasteiger partial charge in [0.15, 0.2) is 5.96 Å². The largest absolute Gasteiger partial charge is 0.357 e. The normalized spacial score (nSPS) is 15.4. The molecule has 158 valence electrons. The summed E-state index contributed by atoms with van der Waals surface area (Å²) < 4.78 is 0. The van der Waals surface area contributed by atoms with Crippen molar-refractivity contribution >= 4 is 17.3 Å². The molecule has 0 atom stereocenters. The second kappa shape index (κ2) is 11.9. The van der Waals surface area contributed by atoms with Crippen LogP contribution >= 0.6 is 11.3 Å². The first-order valence-electron chi connectivity index (χ1n) is 11.0. The number of nitrogens with one attached hydrogen (secondary N) is 2. The van der Waals surface area contributed by atoms with Crippen molar-refractivity contribution in [1.29, 1.82) is 0 Å². The monoisotopic (exact) mass is 413 g/mol. The minimum absolute atomic E-state index is 0.699. The highest BCUT2D eigenvalue weighted by atomic mass is 32.1. The van der Waals surface area contributed by atoms with E-state index in [1.54, 1.807) is 11.3 Å². The number of benzene rings is 1. The molecule has 0 aliphatic carbocycles. The topological polar surface area (TPSA) is 52.6 Å². The van der Waals surface area contributed by atoms with E-state index in [-0.39, 0.29) is 0 Å². The van der Waals surface area contributed by atoms with E-state index in [1.807, 2.05) is 6.92 Å². The number of nitrogens with zero attached hydrogens (tertiary/aromatic N) is 3. The first-order valence-corrected chi connectivity index (χ1v) is 11.8. The SMILES string of the molecule is CCNC(=NCc1ccc(CN2CCCCC2)cc1)NCCCc1nc(C)cs1. The Kier molecular flexibility index (Phi) is 8.96. The van der Waals surface area contributed by atoms with Crippen LogP contribution in [0.1, 0.15) is 54.4 Å². The first kappa shape index (κ1) is 21.8. The molecule has 1 aromatic heterocycles. The summed E-state index contributed by atoms with van der Waals surface area (Å²) in [6.45, 7) is 10.2. The predicted octanol–water partition coefficient (Wildman–Crippen LogP) is 4.13. The molecule has 0 unspecified atom stereocenters. The van der Waals surface area contributed by atoms with Crippen molar-refractivity contribution in [2.45, 2.75) is 59.0 Å². The molecule has 2 aromatic rings. The lowest BCUT2D eigenvalue weighted by Gasteiger charge is -2.26. The van der Waals surface area contributed by atoms with Gasteiger partial charge in [-0.1, -0.05) is 30.7 Å². The molecule has 5 nitrogen and oxygen atoms in total. The Morgan fingerprint density at radius 1 is 1.10 bits per heavy atom. The maximum Gasteiger partial charge on any atom is 0.191 e. The first-order chi connectivity index (χ1) is 14.2. The molecule has 2 N–H and O–H groups in total. The van der Waals surface area contributed by atoms with Gasteiger partial charge in [-0.25, -0.2) is 9.98 Å². The van der Waals surface area contributed by atoms with E-state index >= 15 is 0 Å². The summed E-state index contributed by atoms with van der Waals surface area (Å²) in [4.78, 5) is 11.8. The average molecular weight is 414 g/mol. The molecule has 0 saturated carbocycles. The molecule has 1 aromatic carbocycles. The van der Waals surface area contributed by atoms with E-state index in [0.29, 0.717) is 6.54 Å². The van der Waals surface area contributed by atoms with E-state index < -0.39 is 0 Å². The molecular weight excluding hydrogens is 378 g/mol. The second-order valence-electron chi connectivity index (χ2n) is 7.76. The van der Waals surface area contributed by atoms with Gasteiger partial charge in [-0.05, 0) is 57.3 Å². The number of hydrogen-bond donors (Lipinski definition) is 2. The number of rotatable bonds is 9. The Morgan fingerprint density at radius 2 is 1.86 bits per heavy atom. The fourth-order valence-electron chi connectivity index (χ4n) is 3.60. The molecule has 0 radical (unpaired) electrons. The smallest absolute Gasteiger partial charge is 0.191 e. The average Bonchev–Trinajstić information content (AvgIpc) is 3.16. The van der Waals surface area contributed by atoms with Crippen molar-refractivity contribution < 1.29 is 0 Å². The number of aromatic nitrogens is 1. The molecule has 1 fully saturated rings. The van der Waals surface area contributed by atoms with Crippen LogP contribution in [-0.4, -0.2) is 42.0 Å². The Hall–Kier alpha value is -1.92. The van der Waals surface area contributed by atoms with Crippen molar-refractivity contribution in [1.82, 2.24) is 20.5 Å². The van der Waals surface area contributed by atoms with Crippen LogP contribution in [0.25, 0.3) is 0 Å². The highest BCUT2D eigenvalue weighted by Crippen LogP contribution is 2.14. The number of likely N-dealkylation sites (tertiary alicyclic amines) is 1. The second-order valence-corrected chi connectivity index (χ2v) is 8.70. The summed E-state index contributed by atoms with van der Waals surface area (Å²) in [5.41, 5.74) is 3.78. The van der Waals surface area contributed by atoms with Crippen LogP contribution in [0.15, 0.2) is 34.6 Å². The molecule has 3 rings (SSSR count). The van der Waals surface area contributed by atoms with E-state index in [9.17, 15) is 0 Å². The van der Waals surface area contributed by atoms with Crippen LogP contribution in [0.3, 0.4) is 0 Å². The van der Waals surface area contributed by atoms with E-state index in [0.717, 1.165) is 44.1 Å². The highest BCUT2D eigenvalue weighted by molar-refractivity contribution is 7.09. The lowest BCUT2D eigenvalue weighted by molar-refractivity contribution is 0.221. The van der Waals surface area contributed by atoms with Gasteiger partial charge in [0.25, 0.3) is 0 Å². The quantitative estimate of drug-likeness (QED) is 0.369. The van der Waals surface area contributed by atoms with Gasteiger partial charge in [-0.15, -0.1) is 11.3 Å². The highest BCUT2D eigenvalue weighted by Gasteiger charge is 2.10. The van der Waals surface area contributed by atoms with E-state index in [1.165, 1.54) is 48.5 Å². The number of aryl methyl sites for hydroxylation is 2. The molecular formula is C23H35N5S. The summed E-state index contributed by atoms with van der Waals surface area (Å²) in [7, 11) is 0. The van der Waals surface area contributed by atoms with Gasteiger partial charge in [0.2, 0.25) is 0 Å². The Labute approximate surface area is 179 Å². The zero-order valence-electron chi connectivity index (χ0n) is 17.9. The Morgan fingerprint density at radius 3 is 2.55 bits per heavy atom. The number of aliphatic imine (C=N–C) groups is 1. The zero-order chi connectivity index (χ0) is 20.3. The van der Waals surface area contributed by atoms with Crippen LogP contribution in [0.5, 0.6) is 0 Å². The van der Waals surface area contributed by atoms with Crippen molar-refractivity contribution in [3.63, 3.8) is 0 Å². The van der Waals surface area contributed by atoms with E-state index in [2.05, 4.69) is 57.1 Å². The van der Waals surface area contributed by atoms with Crippen molar-refractivity contribution in [3.05, 3.63) is 51.5 Å². The molecule has 1 saturated heterocycles. The minimum Gasteiger partial charge on any atom is -0.357 e. The van der Waals surface area contributed by atoms with Gasteiger partial charge >= 0.3 is 0 Å². The van der Waals surface area contributed by atoms with Crippen molar-refractivity contribution in [2.75, 3.05) is 26.2 Å². The molecule has 0 spiro atoms. The minimum atomic E-state index is 0.699. The van der Waals surface area contributed by atoms with Crippen LogP contribution in [0, 0.1) is 6.92 Å². The fraction of sp³-hybridized carbons (Fsp3) is 0.565. The summed E-state index contributed by atoms with van der Waals surface area (Å²) in [5.74, 6) is 0.889. The van der Waals surface area contributed by atoms with Crippen LogP contribution in [-0.2, 0) is 19.5 Å². The molecule has 1 aliphatic heterocycles. The summed E-state index contributed by atoms with van der Waals surface area (Å²) in [6, 6.07) is 8.96.